The van der Waals surface area contributed by atoms with Crippen molar-refractivity contribution in [2.45, 2.75) is 12.5 Å². The van der Waals surface area contributed by atoms with Gasteiger partial charge in [-0.2, -0.15) is 15.8 Å². The highest BCUT2D eigenvalue weighted by molar-refractivity contribution is 5.89. The van der Waals surface area contributed by atoms with Gasteiger partial charge in [0.05, 0.1) is 42.2 Å². The average Bonchev–Trinajstić information content (AvgIpc) is 2.88. The molecule has 1 aliphatic carbocycles. The molecule has 4 rings (SSSR count). The Morgan fingerprint density at radius 2 is 1.79 bits per heavy atom. The fourth-order valence-electron chi connectivity index (χ4n) is 4.99. The van der Waals surface area contributed by atoms with Crippen molar-refractivity contribution in [3.63, 3.8) is 0 Å². The number of methoxy groups -OCH3 is 1. The second-order valence-electron chi connectivity index (χ2n) is 8.45. The predicted molar refractivity (Wildman–Crippen MR) is 124 cm³/mol. The van der Waals surface area contributed by atoms with Gasteiger partial charge in [-0.05, 0) is 28.8 Å². The molecule has 2 aromatic rings. The molecule has 1 heterocycles. The second-order valence-corrected chi connectivity index (χ2v) is 8.45. The molecule has 0 spiro atoms. The highest BCUT2D eigenvalue weighted by Gasteiger charge is 2.52. The van der Waals surface area contributed by atoms with E-state index in [0.29, 0.717) is 30.8 Å². The molecule has 7 heteroatoms. The number of nitriles is 3. The van der Waals surface area contributed by atoms with Gasteiger partial charge in [-0.1, -0.05) is 48.5 Å². The molecule has 0 aromatic heterocycles. The summed E-state index contributed by atoms with van der Waals surface area (Å²) in [7, 11) is 1.32. The molecule has 7 nitrogen and oxygen atoms in total. The van der Waals surface area contributed by atoms with Gasteiger partial charge in [-0.25, -0.2) is 4.79 Å². The number of benzene rings is 2. The van der Waals surface area contributed by atoms with E-state index >= 15 is 0 Å². The van der Waals surface area contributed by atoms with E-state index in [0.717, 1.165) is 11.1 Å². The van der Waals surface area contributed by atoms with Crippen molar-refractivity contribution in [2.24, 2.45) is 17.1 Å². The van der Waals surface area contributed by atoms with Crippen LogP contribution in [-0.4, -0.2) is 31.1 Å². The summed E-state index contributed by atoms with van der Waals surface area (Å²) in [6.45, 7) is 1.81. The minimum Gasteiger partial charge on any atom is -0.465 e. The SMILES string of the molecule is COC(=O)c1ccc([C@@H]2C(C#N)=C(N)C(C#N)(C#N)C3=CCN(Cc4ccccc4)C[C@@H]32)cc1. The van der Waals surface area contributed by atoms with Gasteiger partial charge in [-0.15, -0.1) is 0 Å². The maximum absolute atomic E-state index is 11.9. The van der Waals surface area contributed by atoms with Crippen LogP contribution in [0.5, 0.6) is 0 Å². The quantitative estimate of drug-likeness (QED) is 0.560. The fraction of sp³-hybridized carbons (Fsp3) is 0.259. The van der Waals surface area contributed by atoms with Gasteiger partial charge in [0.2, 0.25) is 5.41 Å². The molecular formula is C27H23N5O2. The van der Waals surface area contributed by atoms with Crippen LogP contribution in [0, 0.1) is 45.3 Å². The molecule has 0 fully saturated rings. The number of hydrogen-bond acceptors (Lipinski definition) is 7. The Morgan fingerprint density at radius 3 is 2.38 bits per heavy atom. The largest absolute Gasteiger partial charge is 0.465 e. The topological polar surface area (TPSA) is 127 Å². The maximum atomic E-state index is 11.9. The summed E-state index contributed by atoms with van der Waals surface area (Å²) in [5.41, 5.74) is 7.87. The van der Waals surface area contributed by atoms with Gasteiger partial charge in [0.1, 0.15) is 0 Å². The molecule has 0 saturated carbocycles. The zero-order valence-corrected chi connectivity index (χ0v) is 18.7. The number of allylic oxidation sites excluding steroid dienone is 2. The Labute approximate surface area is 198 Å². The molecular weight excluding hydrogens is 426 g/mol. The lowest BCUT2D eigenvalue weighted by Gasteiger charge is -2.45. The third kappa shape index (κ3) is 3.71. The van der Waals surface area contributed by atoms with Crippen LogP contribution in [-0.2, 0) is 11.3 Å². The molecule has 168 valence electrons. The Hall–Kier alpha value is -4.38. The van der Waals surface area contributed by atoms with E-state index < -0.39 is 17.3 Å². The first kappa shape index (κ1) is 22.8. The summed E-state index contributed by atoms with van der Waals surface area (Å²) >= 11 is 0. The number of hydrogen-bond donors (Lipinski definition) is 1. The monoisotopic (exact) mass is 449 g/mol. The van der Waals surface area contributed by atoms with Crippen molar-refractivity contribution >= 4 is 5.97 Å². The lowest BCUT2D eigenvalue weighted by atomic mass is 9.60. The predicted octanol–water partition coefficient (Wildman–Crippen LogP) is 3.40. The zero-order valence-electron chi connectivity index (χ0n) is 18.7. The minimum absolute atomic E-state index is 0.0129. The molecule has 0 bridgehead atoms. The van der Waals surface area contributed by atoms with E-state index in [1.165, 1.54) is 7.11 Å². The van der Waals surface area contributed by atoms with Crippen molar-refractivity contribution in [3.8, 4) is 18.2 Å². The Balaban J connectivity index is 1.81. The highest BCUT2D eigenvalue weighted by atomic mass is 16.5. The summed E-state index contributed by atoms with van der Waals surface area (Å²) in [6, 6.07) is 23.3. The first-order chi connectivity index (χ1) is 16.5. The average molecular weight is 450 g/mol. The van der Waals surface area contributed by atoms with E-state index in [2.05, 4.69) is 35.2 Å². The molecule has 2 aromatic carbocycles. The summed E-state index contributed by atoms with van der Waals surface area (Å²) < 4.78 is 4.79. The third-order valence-electron chi connectivity index (χ3n) is 6.66. The number of nitrogens with zero attached hydrogens (tertiary/aromatic N) is 4. The van der Waals surface area contributed by atoms with E-state index in [-0.39, 0.29) is 17.2 Å². The summed E-state index contributed by atoms with van der Waals surface area (Å²) in [5.74, 6) is -1.20. The van der Waals surface area contributed by atoms with Crippen molar-refractivity contribution in [1.29, 1.82) is 15.8 Å². The van der Waals surface area contributed by atoms with Crippen LogP contribution in [0.3, 0.4) is 0 Å². The molecule has 2 N–H and O–H groups in total. The molecule has 0 amide bonds. The zero-order chi connectivity index (χ0) is 24.3. The van der Waals surface area contributed by atoms with Crippen LogP contribution in [0.15, 0.2) is 77.5 Å². The van der Waals surface area contributed by atoms with E-state index in [4.69, 9.17) is 10.5 Å². The Kier molecular flexibility index (Phi) is 6.19. The van der Waals surface area contributed by atoms with Gasteiger partial charge < -0.3 is 10.5 Å². The number of esters is 1. The van der Waals surface area contributed by atoms with Gasteiger partial charge in [0, 0.05) is 31.5 Å². The number of nitrogens with two attached hydrogens (primary N) is 1. The normalized spacial score (nSPS) is 21.3. The smallest absolute Gasteiger partial charge is 0.337 e. The van der Waals surface area contributed by atoms with Crippen molar-refractivity contribution in [1.82, 2.24) is 4.90 Å². The number of fused-ring (bicyclic) bond motifs is 1. The number of carbonyl (C=O) groups is 1. The number of carbonyl (C=O) groups excluding carboxylic acids is 1. The minimum atomic E-state index is -1.67. The van der Waals surface area contributed by atoms with E-state index in [1.807, 2.05) is 24.3 Å². The highest BCUT2D eigenvalue weighted by Crippen LogP contribution is 2.52. The summed E-state index contributed by atoms with van der Waals surface area (Å²) in [6.07, 6.45) is 1.92. The fourth-order valence-corrected chi connectivity index (χ4v) is 4.99. The lowest BCUT2D eigenvalue weighted by Crippen LogP contribution is -2.47. The molecule has 2 atom stereocenters. The van der Waals surface area contributed by atoms with Crippen LogP contribution in [0.4, 0.5) is 0 Å². The van der Waals surface area contributed by atoms with Crippen LogP contribution >= 0.6 is 0 Å². The van der Waals surface area contributed by atoms with Gasteiger partial charge >= 0.3 is 5.97 Å². The second kappa shape index (κ2) is 9.24. The van der Waals surface area contributed by atoms with Gasteiger partial charge in [0.25, 0.3) is 0 Å². The first-order valence-electron chi connectivity index (χ1n) is 10.9. The maximum Gasteiger partial charge on any atom is 0.337 e. The summed E-state index contributed by atoms with van der Waals surface area (Å²) in [5, 5.41) is 30.2. The van der Waals surface area contributed by atoms with Crippen molar-refractivity contribution in [2.75, 3.05) is 20.2 Å². The molecule has 0 saturated heterocycles. The summed E-state index contributed by atoms with van der Waals surface area (Å²) in [4.78, 5) is 14.1. The van der Waals surface area contributed by atoms with Gasteiger partial charge in [-0.3, -0.25) is 4.90 Å². The molecule has 2 aliphatic rings. The van der Waals surface area contributed by atoms with Crippen molar-refractivity contribution in [3.05, 3.63) is 94.2 Å². The standard InChI is InChI=1S/C27H23N5O2/c1-34-26(33)20-9-7-19(8-10-20)24-21(13-28)25(31)27(16-29,17-30)23-11-12-32(15-22(23)24)14-18-5-3-2-4-6-18/h2-11,22,24H,12,14-15,31H2,1H3/t22-,24+/m0/s1. The molecule has 0 unspecified atom stereocenters. The Bertz CT molecular complexity index is 1280. The molecule has 1 aliphatic heterocycles. The van der Waals surface area contributed by atoms with Gasteiger partial charge in [0.15, 0.2) is 0 Å². The molecule has 0 radical (unpaired) electrons. The Morgan fingerprint density at radius 1 is 1.12 bits per heavy atom. The third-order valence-corrected chi connectivity index (χ3v) is 6.66. The van der Waals surface area contributed by atoms with Crippen LogP contribution in [0.2, 0.25) is 0 Å². The number of rotatable bonds is 4. The lowest BCUT2D eigenvalue weighted by molar-refractivity contribution is 0.0600. The van der Waals surface area contributed by atoms with E-state index in [9.17, 15) is 20.6 Å². The van der Waals surface area contributed by atoms with Crippen LogP contribution < -0.4 is 5.73 Å². The van der Waals surface area contributed by atoms with Crippen molar-refractivity contribution < 1.29 is 9.53 Å². The molecule has 34 heavy (non-hydrogen) atoms. The first-order valence-corrected chi connectivity index (χ1v) is 10.9. The van der Waals surface area contributed by atoms with E-state index in [1.54, 1.807) is 24.3 Å². The number of ether oxygens (including phenoxy) is 1. The van der Waals surface area contributed by atoms with Crippen LogP contribution in [0.1, 0.15) is 27.4 Å². The van der Waals surface area contributed by atoms with Crippen LogP contribution in [0.25, 0.3) is 0 Å².